The Bertz CT molecular complexity index is 202. The summed E-state index contributed by atoms with van der Waals surface area (Å²) in [6.45, 7) is 4.01. The minimum atomic E-state index is -1.21. The average Bonchev–Trinajstić information content (AvgIpc) is 2.16. The Morgan fingerprint density at radius 3 is 2.36 bits per heavy atom. The molecule has 82 valence electrons. The van der Waals surface area contributed by atoms with E-state index in [0.717, 1.165) is 19.3 Å². The van der Waals surface area contributed by atoms with Gasteiger partial charge in [0.15, 0.2) is 0 Å². The van der Waals surface area contributed by atoms with E-state index in [2.05, 4.69) is 6.92 Å². The molecular formula is C12H20F2. The van der Waals surface area contributed by atoms with Gasteiger partial charge < -0.3 is 0 Å². The third-order valence-corrected chi connectivity index (χ3v) is 4.24. The maximum atomic E-state index is 13.8. The van der Waals surface area contributed by atoms with Crippen LogP contribution in [0.4, 0.5) is 8.78 Å². The molecule has 0 aromatic carbocycles. The fourth-order valence-corrected chi connectivity index (χ4v) is 3.33. The summed E-state index contributed by atoms with van der Waals surface area (Å²) in [5.41, 5.74) is 0. The molecule has 0 saturated heterocycles. The van der Waals surface area contributed by atoms with E-state index in [-0.39, 0.29) is 11.8 Å². The van der Waals surface area contributed by atoms with Crippen molar-refractivity contribution in [3.63, 3.8) is 0 Å². The molecule has 0 bridgehead atoms. The van der Waals surface area contributed by atoms with Gasteiger partial charge in [0.2, 0.25) is 0 Å². The lowest BCUT2D eigenvalue weighted by atomic mass is 9.64. The second-order valence-corrected chi connectivity index (χ2v) is 5.44. The number of alkyl halides is 2. The maximum Gasteiger partial charge on any atom is 0.134 e. The van der Waals surface area contributed by atoms with E-state index >= 15 is 0 Å². The molecule has 0 amide bonds. The van der Waals surface area contributed by atoms with Crippen molar-refractivity contribution in [1.29, 1.82) is 0 Å². The van der Waals surface area contributed by atoms with Crippen molar-refractivity contribution in [3.05, 3.63) is 0 Å². The third-order valence-electron chi connectivity index (χ3n) is 4.24. The molecule has 0 spiro atoms. The summed E-state index contributed by atoms with van der Waals surface area (Å²) in [6, 6.07) is 0. The van der Waals surface area contributed by atoms with Crippen LogP contribution in [0.1, 0.15) is 39.5 Å². The van der Waals surface area contributed by atoms with E-state index in [1.807, 2.05) is 6.92 Å². The first kappa shape index (κ1) is 10.4. The molecule has 0 N–H and O–H groups in total. The first-order chi connectivity index (χ1) is 6.59. The molecule has 2 saturated carbocycles. The molecule has 0 nitrogen and oxygen atoms in total. The molecule has 2 heteroatoms. The summed E-state index contributed by atoms with van der Waals surface area (Å²) in [5, 5.41) is 0. The Labute approximate surface area is 85.1 Å². The van der Waals surface area contributed by atoms with Crippen molar-refractivity contribution in [1.82, 2.24) is 0 Å². The Kier molecular flexibility index (Phi) is 2.81. The van der Waals surface area contributed by atoms with Crippen molar-refractivity contribution >= 4 is 0 Å². The molecule has 0 radical (unpaired) electrons. The molecule has 0 aromatic rings. The average molecular weight is 202 g/mol. The van der Waals surface area contributed by atoms with Crippen molar-refractivity contribution < 1.29 is 8.78 Å². The predicted octanol–water partition coefficient (Wildman–Crippen LogP) is 3.75. The summed E-state index contributed by atoms with van der Waals surface area (Å²) in [5.74, 6) is 1.00. The molecule has 0 aliphatic heterocycles. The summed E-state index contributed by atoms with van der Waals surface area (Å²) in [4.78, 5) is 0. The lowest BCUT2D eigenvalue weighted by Crippen LogP contribution is -2.44. The van der Waals surface area contributed by atoms with Gasteiger partial charge in [-0.05, 0) is 42.9 Å². The molecular weight excluding hydrogens is 182 g/mol. The predicted molar refractivity (Wildman–Crippen MR) is 53.6 cm³/mol. The second kappa shape index (κ2) is 3.79. The Hall–Kier alpha value is -0.140. The number of fused-ring (bicyclic) bond motifs is 1. The van der Waals surface area contributed by atoms with Crippen LogP contribution in [0.3, 0.4) is 0 Å². The van der Waals surface area contributed by atoms with Crippen molar-refractivity contribution in [2.75, 3.05) is 0 Å². The monoisotopic (exact) mass is 202 g/mol. The van der Waals surface area contributed by atoms with Gasteiger partial charge in [-0.1, -0.05) is 20.3 Å². The molecule has 0 aromatic heterocycles. The highest BCUT2D eigenvalue weighted by Gasteiger charge is 2.45. The van der Waals surface area contributed by atoms with Gasteiger partial charge in [0.05, 0.1) is 0 Å². The maximum absolute atomic E-state index is 13.8. The summed E-state index contributed by atoms with van der Waals surface area (Å²) < 4.78 is 27.3. The normalized spacial score (nSPS) is 54.0. The molecule has 2 rings (SSSR count). The first-order valence-electron chi connectivity index (χ1n) is 5.87. The van der Waals surface area contributed by atoms with Gasteiger partial charge >= 0.3 is 0 Å². The van der Waals surface area contributed by atoms with Crippen LogP contribution in [-0.4, -0.2) is 12.3 Å². The molecule has 6 atom stereocenters. The van der Waals surface area contributed by atoms with E-state index in [9.17, 15) is 8.78 Å². The van der Waals surface area contributed by atoms with E-state index in [1.54, 1.807) is 0 Å². The van der Waals surface area contributed by atoms with E-state index in [1.165, 1.54) is 6.42 Å². The molecule has 6 unspecified atom stereocenters. The van der Waals surface area contributed by atoms with Crippen LogP contribution in [0.25, 0.3) is 0 Å². The van der Waals surface area contributed by atoms with Crippen molar-refractivity contribution in [2.24, 2.45) is 23.7 Å². The van der Waals surface area contributed by atoms with E-state index in [0.29, 0.717) is 11.8 Å². The summed E-state index contributed by atoms with van der Waals surface area (Å²) in [6.07, 6.45) is 1.73. The van der Waals surface area contributed by atoms with Crippen LogP contribution in [-0.2, 0) is 0 Å². The molecule has 2 aliphatic rings. The third kappa shape index (κ3) is 1.68. The zero-order chi connectivity index (χ0) is 10.3. The van der Waals surface area contributed by atoms with Crippen LogP contribution in [0.5, 0.6) is 0 Å². The lowest BCUT2D eigenvalue weighted by molar-refractivity contribution is -0.0338. The number of halogens is 2. The van der Waals surface area contributed by atoms with Crippen LogP contribution < -0.4 is 0 Å². The van der Waals surface area contributed by atoms with Gasteiger partial charge in [0.1, 0.15) is 12.3 Å². The quantitative estimate of drug-likeness (QED) is 0.561. The van der Waals surface area contributed by atoms with Crippen LogP contribution in [0.2, 0.25) is 0 Å². The van der Waals surface area contributed by atoms with Gasteiger partial charge in [-0.15, -0.1) is 0 Å². The smallest absolute Gasteiger partial charge is 0.134 e. The SMILES string of the molecule is CC1CCC2CC(C)C(F)C(F)C2C1. The number of hydrogen-bond acceptors (Lipinski definition) is 0. The van der Waals surface area contributed by atoms with Crippen LogP contribution in [0, 0.1) is 23.7 Å². The number of hydrogen-bond donors (Lipinski definition) is 0. The molecule has 0 heterocycles. The van der Waals surface area contributed by atoms with Gasteiger partial charge in [0, 0.05) is 0 Å². The van der Waals surface area contributed by atoms with E-state index < -0.39 is 12.3 Å². The first-order valence-corrected chi connectivity index (χ1v) is 5.87. The highest BCUT2D eigenvalue weighted by Crippen LogP contribution is 2.46. The summed E-state index contributed by atoms with van der Waals surface area (Å²) in [7, 11) is 0. The molecule has 2 fully saturated rings. The highest BCUT2D eigenvalue weighted by atomic mass is 19.2. The van der Waals surface area contributed by atoms with E-state index in [4.69, 9.17) is 0 Å². The largest absolute Gasteiger partial charge is 0.244 e. The molecule has 2 aliphatic carbocycles. The standard InChI is InChI=1S/C12H20F2/c1-7-3-4-9-6-8(2)11(13)12(14)10(9)5-7/h7-12H,3-6H2,1-2H3. The zero-order valence-electron chi connectivity index (χ0n) is 9.05. The van der Waals surface area contributed by atoms with Gasteiger partial charge in [-0.25, -0.2) is 8.78 Å². The minimum absolute atomic E-state index is 0.0185. The van der Waals surface area contributed by atoms with Gasteiger partial charge in [-0.3, -0.25) is 0 Å². The highest BCUT2D eigenvalue weighted by molar-refractivity contribution is 4.94. The fraction of sp³-hybridized carbons (Fsp3) is 1.00. The molecule has 14 heavy (non-hydrogen) atoms. The lowest BCUT2D eigenvalue weighted by Gasteiger charge is -2.44. The zero-order valence-corrected chi connectivity index (χ0v) is 9.05. The Morgan fingerprint density at radius 2 is 1.64 bits per heavy atom. The number of rotatable bonds is 0. The van der Waals surface area contributed by atoms with Gasteiger partial charge in [-0.2, -0.15) is 0 Å². The van der Waals surface area contributed by atoms with Crippen LogP contribution in [0.15, 0.2) is 0 Å². The fourth-order valence-electron chi connectivity index (χ4n) is 3.33. The summed E-state index contributed by atoms with van der Waals surface area (Å²) >= 11 is 0. The Balaban J connectivity index is 2.08. The van der Waals surface area contributed by atoms with Crippen molar-refractivity contribution in [3.8, 4) is 0 Å². The van der Waals surface area contributed by atoms with Gasteiger partial charge in [0.25, 0.3) is 0 Å². The topological polar surface area (TPSA) is 0 Å². The second-order valence-electron chi connectivity index (χ2n) is 5.44. The Morgan fingerprint density at radius 1 is 0.929 bits per heavy atom. The van der Waals surface area contributed by atoms with Crippen LogP contribution >= 0.6 is 0 Å². The minimum Gasteiger partial charge on any atom is -0.244 e. The van der Waals surface area contributed by atoms with Crippen molar-refractivity contribution in [2.45, 2.75) is 51.9 Å².